The molecule has 2 aliphatic rings. The predicted molar refractivity (Wildman–Crippen MR) is 127 cm³/mol. The van der Waals surface area contributed by atoms with Crippen molar-refractivity contribution in [3.8, 4) is 17.1 Å². The van der Waals surface area contributed by atoms with Crippen molar-refractivity contribution in [2.75, 3.05) is 7.11 Å². The molecule has 3 atom stereocenters. The van der Waals surface area contributed by atoms with Gasteiger partial charge in [-0.25, -0.2) is 9.37 Å². The van der Waals surface area contributed by atoms with Gasteiger partial charge in [-0.1, -0.05) is 23.7 Å². The first-order valence-corrected chi connectivity index (χ1v) is 11.9. The van der Waals surface area contributed by atoms with Gasteiger partial charge in [0, 0.05) is 41.2 Å². The molecule has 0 radical (unpaired) electrons. The molecule has 2 amide bonds. The monoisotopic (exact) mass is 497 g/mol. The first-order chi connectivity index (χ1) is 16.9. The van der Waals surface area contributed by atoms with Crippen molar-refractivity contribution in [3.63, 3.8) is 0 Å². The van der Waals surface area contributed by atoms with Gasteiger partial charge in [-0.3, -0.25) is 14.7 Å². The summed E-state index contributed by atoms with van der Waals surface area (Å²) in [6, 6.07) is 10.3. The fourth-order valence-electron chi connectivity index (χ4n) is 5.14. The number of aromatic nitrogens is 3. The zero-order valence-corrected chi connectivity index (χ0v) is 19.9. The number of aromatic amines is 1. The number of hydrogen-bond donors (Lipinski definition) is 2. The molecule has 10 heteroatoms. The van der Waals surface area contributed by atoms with Gasteiger partial charge in [0.05, 0.1) is 19.0 Å². The number of benzene rings is 1. The molecule has 4 heterocycles. The third-order valence-electron chi connectivity index (χ3n) is 6.82. The van der Waals surface area contributed by atoms with E-state index >= 15 is 0 Å². The summed E-state index contributed by atoms with van der Waals surface area (Å²) < 4.78 is 19.4. The number of rotatable bonds is 6. The molecule has 0 saturated carbocycles. The molecule has 2 aromatic heterocycles. The van der Waals surface area contributed by atoms with Gasteiger partial charge >= 0.3 is 0 Å². The van der Waals surface area contributed by atoms with Crippen LogP contribution in [-0.4, -0.2) is 51.1 Å². The van der Waals surface area contributed by atoms with E-state index in [9.17, 15) is 14.0 Å². The van der Waals surface area contributed by atoms with Gasteiger partial charge in [-0.2, -0.15) is 5.10 Å². The number of nitrogens with one attached hydrogen (secondary N) is 2. The van der Waals surface area contributed by atoms with Crippen molar-refractivity contribution in [1.82, 2.24) is 25.4 Å². The number of H-pyrrole nitrogens is 1. The summed E-state index contributed by atoms with van der Waals surface area (Å²) >= 11 is 6.02. The maximum absolute atomic E-state index is 14.3. The molecule has 2 bridgehead atoms. The normalized spacial score (nSPS) is 21.1. The second kappa shape index (κ2) is 9.65. The fourth-order valence-corrected chi connectivity index (χ4v) is 5.36. The Morgan fingerprint density at radius 3 is 2.71 bits per heavy atom. The molecular weight excluding hydrogens is 473 g/mol. The number of carbonyl (C=O) groups is 2. The zero-order valence-electron chi connectivity index (χ0n) is 19.1. The van der Waals surface area contributed by atoms with Gasteiger partial charge in [-0.15, -0.1) is 0 Å². The van der Waals surface area contributed by atoms with Crippen LogP contribution in [0.5, 0.6) is 5.88 Å². The number of amides is 2. The van der Waals surface area contributed by atoms with Crippen molar-refractivity contribution in [3.05, 3.63) is 64.7 Å². The van der Waals surface area contributed by atoms with Crippen molar-refractivity contribution >= 4 is 23.4 Å². The minimum absolute atomic E-state index is 0.00172. The molecular formula is C25H25ClFN5O3. The lowest BCUT2D eigenvalue weighted by Crippen LogP contribution is -2.49. The number of fused-ring (bicyclic) bond motifs is 2. The lowest BCUT2D eigenvalue weighted by Gasteiger charge is -2.38. The van der Waals surface area contributed by atoms with Crippen LogP contribution >= 0.6 is 11.6 Å². The Labute approximate surface area is 206 Å². The molecule has 2 fully saturated rings. The largest absolute Gasteiger partial charge is 0.481 e. The summed E-state index contributed by atoms with van der Waals surface area (Å²) in [5, 5.41) is 10.5. The Morgan fingerprint density at radius 1 is 1.23 bits per heavy atom. The van der Waals surface area contributed by atoms with E-state index in [0.717, 1.165) is 24.6 Å². The van der Waals surface area contributed by atoms with Crippen LogP contribution in [0.1, 0.15) is 41.7 Å². The molecule has 2 N–H and O–H groups in total. The van der Waals surface area contributed by atoms with Crippen LogP contribution in [0.15, 0.2) is 42.6 Å². The zero-order chi connectivity index (χ0) is 24.5. The SMILES string of the molecule is COc1cc(-c2cc(C(=O)N3[C@@H]4CC[C@H]3CC(C(=O)NCc3cccc(Cl)c3)C4)n[nH]2)c(F)cn1. The number of ether oxygens (including phenoxy) is 1. The summed E-state index contributed by atoms with van der Waals surface area (Å²) in [4.78, 5) is 31.9. The standard InChI is InChI=1S/C25H25ClFN5O3/c1-35-23-10-19(20(27)13-28-23)21-11-22(31-30-21)25(34)32-17-5-6-18(32)9-15(8-17)24(33)29-12-14-3-2-4-16(26)7-14/h2-4,7,10-11,13,15,17-18H,5-6,8-9,12H2,1H3,(H,29,33)(H,30,31)/t15?,17-,18+. The van der Waals surface area contributed by atoms with Crippen LogP contribution in [0.3, 0.4) is 0 Å². The molecule has 8 nitrogen and oxygen atoms in total. The molecule has 3 aromatic rings. The third-order valence-corrected chi connectivity index (χ3v) is 7.06. The molecule has 182 valence electrons. The van der Waals surface area contributed by atoms with Gasteiger partial charge in [0.1, 0.15) is 0 Å². The van der Waals surface area contributed by atoms with E-state index in [-0.39, 0.29) is 47.0 Å². The summed E-state index contributed by atoms with van der Waals surface area (Å²) in [7, 11) is 1.45. The highest BCUT2D eigenvalue weighted by molar-refractivity contribution is 6.30. The summed E-state index contributed by atoms with van der Waals surface area (Å²) in [6.07, 6.45) is 3.98. The Morgan fingerprint density at radius 2 is 2.00 bits per heavy atom. The van der Waals surface area contributed by atoms with E-state index < -0.39 is 5.82 Å². The van der Waals surface area contributed by atoms with Gasteiger partial charge < -0.3 is 15.0 Å². The minimum Gasteiger partial charge on any atom is -0.481 e. The maximum Gasteiger partial charge on any atom is 0.274 e. The van der Waals surface area contributed by atoms with E-state index in [0.29, 0.717) is 30.1 Å². The van der Waals surface area contributed by atoms with Crippen molar-refractivity contribution in [1.29, 1.82) is 0 Å². The van der Waals surface area contributed by atoms with E-state index in [1.54, 1.807) is 12.1 Å². The van der Waals surface area contributed by atoms with Crippen LogP contribution < -0.4 is 10.1 Å². The minimum atomic E-state index is -0.543. The smallest absolute Gasteiger partial charge is 0.274 e. The number of carbonyl (C=O) groups excluding carboxylic acids is 2. The Bertz CT molecular complexity index is 1250. The lowest BCUT2D eigenvalue weighted by atomic mass is 9.89. The lowest BCUT2D eigenvalue weighted by molar-refractivity contribution is -0.127. The topological polar surface area (TPSA) is 100 Å². The molecule has 1 aromatic carbocycles. The first-order valence-electron chi connectivity index (χ1n) is 11.5. The van der Waals surface area contributed by atoms with Gasteiger partial charge in [0.15, 0.2) is 11.5 Å². The van der Waals surface area contributed by atoms with Crippen molar-refractivity contribution < 1.29 is 18.7 Å². The molecule has 5 rings (SSSR count). The predicted octanol–water partition coefficient (Wildman–Crippen LogP) is 3.97. The quantitative estimate of drug-likeness (QED) is 0.536. The van der Waals surface area contributed by atoms with E-state index in [2.05, 4.69) is 20.5 Å². The second-order valence-corrected chi connectivity index (χ2v) is 9.42. The van der Waals surface area contributed by atoms with Crippen LogP contribution in [-0.2, 0) is 11.3 Å². The van der Waals surface area contributed by atoms with E-state index in [4.69, 9.17) is 16.3 Å². The number of hydrogen-bond acceptors (Lipinski definition) is 5. The summed E-state index contributed by atoms with van der Waals surface area (Å²) in [5.41, 5.74) is 1.76. The molecule has 2 saturated heterocycles. The van der Waals surface area contributed by atoms with Crippen LogP contribution in [0.2, 0.25) is 5.02 Å². The highest BCUT2D eigenvalue weighted by atomic mass is 35.5. The molecule has 35 heavy (non-hydrogen) atoms. The average molecular weight is 498 g/mol. The maximum atomic E-state index is 14.3. The van der Waals surface area contributed by atoms with Crippen LogP contribution in [0.25, 0.3) is 11.3 Å². The number of methoxy groups -OCH3 is 1. The highest BCUT2D eigenvalue weighted by Gasteiger charge is 2.45. The molecule has 2 aliphatic heterocycles. The van der Waals surface area contributed by atoms with Gasteiger partial charge in [0.25, 0.3) is 5.91 Å². The van der Waals surface area contributed by atoms with Crippen LogP contribution in [0.4, 0.5) is 4.39 Å². The number of piperidine rings is 1. The summed E-state index contributed by atoms with van der Waals surface area (Å²) in [6.45, 7) is 0.417. The fraction of sp³-hybridized carbons (Fsp3) is 0.360. The van der Waals surface area contributed by atoms with Crippen molar-refractivity contribution in [2.45, 2.75) is 44.3 Å². The van der Waals surface area contributed by atoms with E-state index in [1.807, 2.05) is 23.1 Å². The number of nitrogens with zero attached hydrogens (tertiary/aromatic N) is 3. The molecule has 0 spiro atoms. The first kappa shape index (κ1) is 23.3. The van der Waals surface area contributed by atoms with Gasteiger partial charge in [-0.05, 0) is 49.4 Å². The molecule has 1 unspecified atom stereocenters. The third kappa shape index (κ3) is 4.73. The Balaban J connectivity index is 1.25. The Hall–Kier alpha value is -3.46. The number of halogens is 2. The number of pyridine rings is 1. The summed E-state index contributed by atoms with van der Waals surface area (Å²) in [5.74, 6) is -0.642. The molecule has 0 aliphatic carbocycles. The van der Waals surface area contributed by atoms with Gasteiger partial charge in [0.2, 0.25) is 11.8 Å². The van der Waals surface area contributed by atoms with E-state index in [1.165, 1.54) is 13.2 Å². The second-order valence-electron chi connectivity index (χ2n) is 8.99. The van der Waals surface area contributed by atoms with Crippen LogP contribution in [0, 0.1) is 11.7 Å². The van der Waals surface area contributed by atoms with Crippen molar-refractivity contribution in [2.24, 2.45) is 5.92 Å². The Kier molecular flexibility index (Phi) is 6.42. The highest BCUT2D eigenvalue weighted by Crippen LogP contribution is 2.40. The average Bonchev–Trinajstić information content (AvgIpc) is 3.45.